The number of carboxylic acid groups (broad SMARTS) is 1. The van der Waals surface area contributed by atoms with Crippen LogP contribution in [0.15, 0.2) is 47.8 Å². The van der Waals surface area contributed by atoms with Gasteiger partial charge in [-0.3, -0.25) is 9.69 Å². The highest BCUT2D eigenvalue weighted by atomic mass is 32.1. The van der Waals surface area contributed by atoms with Crippen LogP contribution in [0.1, 0.15) is 66.6 Å². The van der Waals surface area contributed by atoms with Gasteiger partial charge in [0.1, 0.15) is 23.1 Å². The first kappa shape index (κ1) is 27.2. The Balaban J connectivity index is 1.44. The molecule has 3 aromatic heterocycles. The van der Waals surface area contributed by atoms with E-state index < -0.39 is 5.97 Å². The third-order valence-corrected chi connectivity index (χ3v) is 9.27. The van der Waals surface area contributed by atoms with Crippen molar-refractivity contribution in [2.75, 3.05) is 6.54 Å². The van der Waals surface area contributed by atoms with Crippen LogP contribution in [-0.2, 0) is 18.4 Å². The van der Waals surface area contributed by atoms with Crippen molar-refractivity contribution in [3.05, 3.63) is 75.8 Å². The van der Waals surface area contributed by atoms with Gasteiger partial charge in [0.05, 0.1) is 18.0 Å². The molecule has 0 aliphatic carbocycles. The summed E-state index contributed by atoms with van der Waals surface area (Å²) in [7, 11) is 1.85. The molecule has 6 rings (SSSR count). The van der Waals surface area contributed by atoms with Crippen LogP contribution >= 0.6 is 11.3 Å². The van der Waals surface area contributed by atoms with Crippen LogP contribution in [-0.4, -0.2) is 53.7 Å². The van der Waals surface area contributed by atoms with Crippen molar-refractivity contribution >= 4 is 38.4 Å². The van der Waals surface area contributed by atoms with E-state index in [-0.39, 0.29) is 30.4 Å². The fraction of sp³-hybridized carbons (Fsp3) is 0.355. The first-order chi connectivity index (χ1) is 19.7. The van der Waals surface area contributed by atoms with Gasteiger partial charge in [-0.15, -0.1) is 16.4 Å². The van der Waals surface area contributed by atoms with E-state index in [9.17, 15) is 15.0 Å². The second kappa shape index (κ2) is 10.8. The number of benzene rings is 2. The van der Waals surface area contributed by atoms with Crippen molar-refractivity contribution in [1.82, 2.24) is 24.9 Å². The standard InChI is InChI=1S/C31H33N5O4S/c1-5-22-16-36(18(3)30-26(40-22)8-9-27(37)32-30)15-21-13-20(12-19-10-11-41-31(19)21)24(14-28(38)39)23-6-7-25-29(17(23)2)33-34-35(25)4/h6-13,18,22,24H,5,14-16H2,1-4H3,(H,32,37)(H,38,39)/t18?,22-,24-/m1/s1. The molecular weight excluding hydrogens is 538 g/mol. The molecule has 3 atom stereocenters. The highest BCUT2D eigenvalue weighted by molar-refractivity contribution is 7.17. The highest BCUT2D eigenvalue weighted by Crippen LogP contribution is 2.39. The molecular formula is C31H33N5O4S. The Morgan fingerprint density at radius 2 is 2.05 bits per heavy atom. The van der Waals surface area contributed by atoms with Crippen LogP contribution < -0.4 is 4.74 Å². The maximum absolute atomic E-state index is 12.2. The van der Waals surface area contributed by atoms with E-state index in [1.54, 1.807) is 28.2 Å². The second-order valence-electron chi connectivity index (χ2n) is 10.8. The molecule has 1 unspecified atom stereocenters. The summed E-state index contributed by atoms with van der Waals surface area (Å²) in [5, 5.41) is 31.8. The Morgan fingerprint density at radius 1 is 1.22 bits per heavy atom. The molecule has 2 N–H and O–H groups in total. The molecule has 41 heavy (non-hydrogen) atoms. The summed E-state index contributed by atoms with van der Waals surface area (Å²) in [6, 6.07) is 13.7. The number of carboxylic acids is 1. The summed E-state index contributed by atoms with van der Waals surface area (Å²) in [6.07, 6.45) is 0.778. The lowest BCUT2D eigenvalue weighted by atomic mass is 9.84. The average molecular weight is 572 g/mol. The Labute approximate surface area is 242 Å². The molecule has 0 spiro atoms. The van der Waals surface area contributed by atoms with Crippen LogP contribution in [0.3, 0.4) is 0 Å². The number of carbonyl (C=O) groups is 1. The van der Waals surface area contributed by atoms with Gasteiger partial charge in [0.2, 0.25) is 5.88 Å². The van der Waals surface area contributed by atoms with Crippen LogP contribution in [0.25, 0.3) is 21.1 Å². The topological polar surface area (TPSA) is 114 Å². The lowest BCUT2D eigenvalue weighted by molar-refractivity contribution is -0.137. The first-order valence-electron chi connectivity index (χ1n) is 13.8. The van der Waals surface area contributed by atoms with Crippen LogP contribution in [0.4, 0.5) is 0 Å². The normalized spacial score (nSPS) is 18.2. The van der Waals surface area contributed by atoms with Crippen molar-refractivity contribution in [2.24, 2.45) is 7.05 Å². The van der Waals surface area contributed by atoms with Crippen LogP contribution in [0.5, 0.6) is 11.6 Å². The molecule has 0 saturated heterocycles. The molecule has 1 aliphatic heterocycles. The Bertz CT molecular complexity index is 1760. The van der Waals surface area contributed by atoms with Crippen LogP contribution in [0.2, 0.25) is 0 Å². The monoisotopic (exact) mass is 571 g/mol. The van der Waals surface area contributed by atoms with Gasteiger partial charge >= 0.3 is 5.97 Å². The largest absolute Gasteiger partial charge is 0.493 e. The third-order valence-electron chi connectivity index (χ3n) is 8.26. The minimum Gasteiger partial charge on any atom is -0.493 e. The maximum Gasteiger partial charge on any atom is 0.304 e. The zero-order chi connectivity index (χ0) is 28.8. The number of nitrogens with zero attached hydrogens (tertiary/aromatic N) is 5. The van der Waals surface area contributed by atoms with Gasteiger partial charge in [0, 0.05) is 36.8 Å². The molecule has 0 radical (unpaired) electrons. The quantitative estimate of drug-likeness (QED) is 0.247. The Morgan fingerprint density at radius 3 is 2.83 bits per heavy atom. The van der Waals surface area contributed by atoms with E-state index >= 15 is 0 Å². The summed E-state index contributed by atoms with van der Waals surface area (Å²) >= 11 is 1.69. The zero-order valence-electron chi connectivity index (χ0n) is 23.5. The molecule has 9 nitrogen and oxygen atoms in total. The lowest BCUT2D eigenvalue weighted by Gasteiger charge is -2.29. The SMILES string of the molecule is CC[C@@H]1CN(Cc2cc([C@@H](CC(=O)O)c3ccc4c(nnn4C)c3C)cc3ccsc23)C(C)c2nc(O)ccc2O1. The van der Waals surface area contributed by atoms with Crippen molar-refractivity contribution < 1.29 is 19.7 Å². The summed E-state index contributed by atoms with van der Waals surface area (Å²) in [4.78, 5) is 18.9. The Hall–Kier alpha value is -4.02. The van der Waals surface area contributed by atoms with E-state index in [0.717, 1.165) is 50.8 Å². The second-order valence-corrected chi connectivity index (χ2v) is 11.8. The van der Waals surface area contributed by atoms with Gasteiger partial charge in [0.15, 0.2) is 0 Å². The molecule has 0 bridgehead atoms. The van der Waals surface area contributed by atoms with Gasteiger partial charge < -0.3 is 14.9 Å². The number of hydrogen-bond acceptors (Lipinski definition) is 8. The van der Waals surface area contributed by atoms with Crippen molar-refractivity contribution in [3.63, 3.8) is 0 Å². The van der Waals surface area contributed by atoms with Crippen molar-refractivity contribution in [3.8, 4) is 11.6 Å². The number of hydrogen-bond donors (Lipinski definition) is 2. The molecule has 0 saturated carbocycles. The molecule has 0 fully saturated rings. The van der Waals surface area contributed by atoms with E-state index in [4.69, 9.17) is 4.74 Å². The maximum atomic E-state index is 12.2. The number of ether oxygens (including phenoxy) is 1. The number of rotatable bonds is 7. The van der Waals surface area contributed by atoms with E-state index in [1.165, 1.54) is 4.70 Å². The van der Waals surface area contributed by atoms with E-state index in [2.05, 4.69) is 57.6 Å². The molecule has 212 valence electrons. The fourth-order valence-electron chi connectivity index (χ4n) is 6.00. The van der Waals surface area contributed by atoms with Gasteiger partial charge in [0.25, 0.3) is 0 Å². The first-order valence-corrected chi connectivity index (χ1v) is 14.7. The third kappa shape index (κ3) is 5.02. The highest BCUT2D eigenvalue weighted by Gasteiger charge is 2.30. The molecule has 5 aromatic rings. The van der Waals surface area contributed by atoms with Crippen LogP contribution in [0, 0.1) is 6.92 Å². The van der Waals surface area contributed by atoms with Gasteiger partial charge in [-0.2, -0.15) is 0 Å². The predicted octanol–water partition coefficient (Wildman–Crippen LogP) is 5.93. The van der Waals surface area contributed by atoms with Gasteiger partial charge in [-0.25, -0.2) is 9.67 Å². The smallest absolute Gasteiger partial charge is 0.304 e. The number of aromatic nitrogens is 4. The molecule has 4 heterocycles. The molecule has 10 heteroatoms. The summed E-state index contributed by atoms with van der Waals surface area (Å²) in [5.41, 5.74) is 6.40. The zero-order valence-corrected chi connectivity index (χ0v) is 24.4. The van der Waals surface area contributed by atoms with Gasteiger partial charge in [-0.1, -0.05) is 24.3 Å². The minimum atomic E-state index is -0.854. The number of aromatic hydroxyl groups is 1. The Kier molecular flexibility index (Phi) is 7.13. The number of aliphatic carboxylic acids is 1. The van der Waals surface area contributed by atoms with Crippen molar-refractivity contribution in [2.45, 2.75) is 58.2 Å². The summed E-state index contributed by atoms with van der Waals surface area (Å²) in [5.74, 6) is -0.526. The van der Waals surface area contributed by atoms with E-state index in [0.29, 0.717) is 18.8 Å². The lowest BCUT2D eigenvalue weighted by Crippen LogP contribution is -2.34. The number of pyridine rings is 1. The predicted molar refractivity (Wildman–Crippen MR) is 159 cm³/mol. The minimum absolute atomic E-state index is 0.0202. The van der Waals surface area contributed by atoms with E-state index in [1.807, 2.05) is 26.1 Å². The number of fused-ring (bicyclic) bond motifs is 3. The number of aryl methyl sites for hydroxylation is 2. The molecule has 2 aromatic carbocycles. The average Bonchev–Trinajstić information content (AvgIpc) is 3.55. The molecule has 0 amide bonds. The number of thiophene rings is 1. The summed E-state index contributed by atoms with van der Waals surface area (Å²) < 4.78 is 9.21. The molecule has 1 aliphatic rings. The summed E-state index contributed by atoms with van der Waals surface area (Å²) in [6.45, 7) is 7.53. The van der Waals surface area contributed by atoms with Crippen molar-refractivity contribution in [1.29, 1.82) is 0 Å². The fourth-order valence-corrected chi connectivity index (χ4v) is 6.89. The van der Waals surface area contributed by atoms with Gasteiger partial charge in [-0.05, 0) is 77.6 Å².